The van der Waals surface area contributed by atoms with Crippen LogP contribution in [0.5, 0.6) is 0 Å². The maximum Gasteiger partial charge on any atom is 0.240 e. The van der Waals surface area contributed by atoms with Crippen LogP contribution in [0, 0.1) is 0 Å². The lowest BCUT2D eigenvalue weighted by atomic mass is 9.99. The van der Waals surface area contributed by atoms with Crippen LogP contribution in [0.1, 0.15) is 0 Å². The van der Waals surface area contributed by atoms with E-state index in [1.807, 2.05) is 0 Å². The van der Waals surface area contributed by atoms with E-state index in [9.17, 15) is 23.7 Å². The predicted octanol–water partition coefficient (Wildman–Crippen LogP) is -1.58. The van der Waals surface area contributed by atoms with Crippen LogP contribution in [0.15, 0.2) is 35.2 Å². The Hall–Kier alpha value is -1.07. The lowest BCUT2D eigenvalue weighted by molar-refractivity contribution is -0.287. The second-order valence-electron chi connectivity index (χ2n) is 4.92. The first-order chi connectivity index (χ1) is 10.4. The molecule has 1 heterocycles. The molecule has 124 valence electrons. The van der Waals surface area contributed by atoms with Crippen molar-refractivity contribution in [3.05, 3.63) is 30.3 Å². The minimum atomic E-state index is -3.76. The van der Waals surface area contributed by atoms with Gasteiger partial charge in [-0.25, -0.2) is 13.1 Å². The molecule has 5 atom stereocenters. The van der Waals surface area contributed by atoms with E-state index in [1.165, 1.54) is 19.2 Å². The van der Waals surface area contributed by atoms with Crippen LogP contribution >= 0.6 is 0 Å². The first kappa shape index (κ1) is 17.3. The van der Waals surface area contributed by atoms with E-state index in [1.54, 1.807) is 18.2 Å². The topological polar surface area (TPSA) is 125 Å². The third kappa shape index (κ3) is 3.63. The summed E-state index contributed by atoms with van der Waals surface area (Å²) >= 11 is 0. The Bertz CT molecular complexity index is 577. The predicted molar refractivity (Wildman–Crippen MR) is 75.3 cm³/mol. The molecule has 0 bridgehead atoms. The van der Waals surface area contributed by atoms with Crippen molar-refractivity contribution in [1.29, 1.82) is 0 Å². The van der Waals surface area contributed by atoms with Crippen LogP contribution < -0.4 is 4.72 Å². The molecular formula is C13H19NO7S. The minimum absolute atomic E-state index is 0.0733. The fourth-order valence-corrected chi connectivity index (χ4v) is 3.22. The summed E-state index contributed by atoms with van der Waals surface area (Å²) in [5, 5.41) is 29.2. The molecule has 1 aromatic carbocycles. The molecule has 0 spiro atoms. The van der Waals surface area contributed by atoms with E-state index >= 15 is 0 Å². The van der Waals surface area contributed by atoms with E-state index in [0.29, 0.717) is 0 Å². The Morgan fingerprint density at radius 1 is 1.14 bits per heavy atom. The third-order valence-corrected chi connectivity index (χ3v) is 4.87. The summed E-state index contributed by atoms with van der Waals surface area (Å²) < 4.78 is 36.6. The van der Waals surface area contributed by atoms with Crippen LogP contribution in [0.2, 0.25) is 0 Å². The Balaban J connectivity index is 2.04. The second-order valence-corrected chi connectivity index (χ2v) is 6.68. The van der Waals surface area contributed by atoms with E-state index in [2.05, 4.69) is 4.72 Å². The van der Waals surface area contributed by atoms with E-state index in [-0.39, 0.29) is 11.4 Å². The molecule has 1 saturated heterocycles. The summed E-state index contributed by atoms with van der Waals surface area (Å²) in [6, 6.07) is 7.71. The van der Waals surface area contributed by atoms with Crippen molar-refractivity contribution < 1.29 is 33.2 Å². The van der Waals surface area contributed by atoms with Gasteiger partial charge in [-0.15, -0.1) is 0 Å². The zero-order valence-electron chi connectivity index (χ0n) is 11.9. The molecular weight excluding hydrogens is 314 g/mol. The normalized spacial score (nSPS) is 32.8. The molecule has 0 aromatic heterocycles. The van der Waals surface area contributed by atoms with Gasteiger partial charge in [0.15, 0.2) is 6.29 Å². The van der Waals surface area contributed by atoms with Crippen molar-refractivity contribution in [3.8, 4) is 0 Å². The summed E-state index contributed by atoms with van der Waals surface area (Å²) in [6.45, 7) is -0.276. The highest BCUT2D eigenvalue weighted by Gasteiger charge is 2.44. The summed E-state index contributed by atoms with van der Waals surface area (Å²) in [4.78, 5) is 0.0733. The Morgan fingerprint density at radius 3 is 2.36 bits per heavy atom. The third-order valence-electron chi connectivity index (χ3n) is 3.43. The monoisotopic (exact) mass is 333 g/mol. The number of ether oxygens (including phenoxy) is 2. The van der Waals surface area contributed by atoms with E-state index < -0.39 is 40.7 Å². The number of nitrogens with one attached hydrogen (secondary N) is 1. The van der Waals surface area contributed by atoms with Crippen LogP contribution in [0.4, 0.5) is 0 Å². The number of benzene rings is 1. The van der Waals surface area contributed by atoms with Crippen molar-refractivity contribution in [2.45, 2.75) is 35.6 Å². The molecule has 22 heavy (non-hydrogen) atoms. The number of hydrogen-bond donors (Lipinski definition) is 4. The van der Waals surface area contributed by atoms with Gasteiger partial charge in [-0.05, 0) is 12.1 Å². The fraction of sp³-hybridized carbons (Fsp3) is 0.538. The molecule has 4 N–H and O–H groups in total. The van der Waals surface area contributed by atoms with Crippen molar-refractivity contribution in [2.75, 3.05) is 13.7 Å². The van der Waals surface area contributed by atoms with Gasteiger partial charge in [0.25, 0.3) is 0 Å². The molecule has 1 aromatic rings. The number of sulfonamides is 1. The molecule has 9 heteroatoms. The number of rotatable bonds is 5. The summed E-state index contributed by atoms with van der Waals surface area (Å²) in [7, 11) is -2.50. The zero-order chi connectivity index (χ0) is 16.3. The SMILES string of the molecule is CO[C@H]1O[C@H](CNS(=O)(=O)c2ccccc2)[C@@H](O)[C@H](O)[C@@H]1O. The van der Waals surface area contributed by atoms with Crippen molar-refractivity contribution >= 4 is 10.0 Å². The average molecular weight is 333 g/mol. The fourth-order valence-electron chi connectivity index (χ4n) is 2.15. The number of aliphatic hydroxyl groups excluding tert-OH is 3. The van der Waals surface area contributed by atoms with Crippen LogP contribution in [-0.2, 0) is 19.5 Å². The Morgan fingerprint density at radius 2 is 1.77 bits per heavy atom. The minimum Gasteiger partial charge on any atom is -0.388 e. The highest BCUT2D eigenvalue weighted by atomic mass is 32.2. The van der Waals surface area contributed by atoms with E-state index in [4.69, 9.17) is 9.47 Å². The Labute approximate surface area is 128 Å². The summed E-state index contributed by atoms with van der Waals surface area (Å²) in [6.07, 6.45) is -6.56. The van der Waals surface area contributed by atoms with Gasteiger partial charge in [-0.2, -0.15) is 0 Å². The molecule has 2 rings (SSSR count). The molecule has 0 amide bonds. The molecule has 0 saturated carbocycles. The van der Waals surface area contributed by atoms with Crippen molar-refractivity contribution in [2.24, 2.45) is 0 Å². The molecule has 0 unspecified atom stereocenters. The largest absolute Gasteiger partial charge is 0.388 e. The molecule has 1 aliphatic heterocycles. The van der Waals surface area contributed by atoms with Crippen molar-refractivity contribution in [1.82, 2.24) is 4.72 Å². The average Bonchev–Trinajstić information content (AvgIpc) is 2.53. The lowest BCUT2D eigenvalue weighted by Gasteiger charge is -2.39. The summed E-state index contributed by atoms with van der Waals surface area (Å²) in [5.74, 6) is 0. The van der Waals surface area contributed by atoms with Crippen LogP contribution in [0.25, 0.3) is 0 Å². The number of aliphatic hydroxyl groups is 3. The highest BCUT2D eigenvalue weighted by molar-refractivity contribution is 7.89. The smallest absolute Gasteiger partial charge is 0.240 e. The number of hydrogen-bond acceptors (Lipinski definition) is 7. The molecule has 8 nitrogen and oxygen atoms in total. The van der Waals surface area contributed by atoms with Gasteiger partial charge in [-0.3, -0.25) is 0 Å². The van der Waals surface area contributed by atoms with Crippen LogP contribution in [0.3, 0.4) is 0 Å². The lowest BCUT2D eigenvalue weighted by Crippen LogP contribution is -2.60. The van der Waals surface area contributed by atoms with Gasteiger partial charge in [0.05, 0.1) is 4.90 Å². The second kappa shape index (κ2) is 7.01. The molecule has 1 fully saturated rings. The first-order valence-corrected chi connectivity index (χ1v) is 8.12. The Kier molecular flexibility index (Phi) is 5.50. The van der Waals surface area contributed by atoms with Crippen LogP contribution in [-0.4, -0.2) is 68.1 Å². The van der Waals surface area contributed by atoms with Gasteiger partial charge in [0, 0.05) is 13.7 Å². The molecule has 0 radical (unpaired) electrons. The van der Waals surface area contributed by atoms with E-state index in [0.717, 1.165) is 0 Å². The standard InChI is InChI=1S/C13H19NO7S/c1-20-13-12(17)11(16)10(15)9(21-13)7-14-22(18,19)8-5-3-2-4-6-8/h2-6,9-17H,7H2,1H3/t9-,10-,11+,12+,13+/m1/s1. The highest BCUT2D eigenvalue weighted by Crippen LogP contribution is 2.21. The van der Waals surface area contributed by atoms with Crippen molar-refractivity contribution in [3.63, 3.8) is 0 Å². The molecule has 0 aliphatic carbocycles. The maximum absolute atomic E-state index is 12.1. The van der Waals surface area contributed by atoms with Gasteiger partial charge in [0.2, 0.25) is 10.0 Å². The summed E-state index contributed by atoms with van der Waals surface area (Å²) in [5.41, 5.74) is 0. The maximum atomic E-state index is 12.1. The quantitative estimate of drug-likeness (QED) is 0.512. The van der Waals surface area contributed by atoms with Gasteiger partial charge < -0.3 is 24.8 Å². The van der Waals surface area contributed by atoms with Gasteiger partial charge >= 0.3 is 0 Å². The first-order valence-electron chi connectivity index (χ1n) is 6.64. The van der Waals surface area contributed by atoms with Gasteiger partial charge in [-0.1, -0.05) is 18.2 Å². The van der Waals surface area contributed by atoms with Gasteiger partial charge in [0.1, 0.15) is 24.4 Å². The molecule has 1 aliphatic rings. The zero-order valence-corrected chi connectivity index (χ0v) is 12.7. The number of methoxy groups -OCH3 is 1.